The first kappa shape index (κ1) is 43.5. The Kier molecular flexibility index (Phi) is 10.7. The van der Waals surface area contributed by atoms with E-state index in [1.807, 2.05) is 26.8 Å². The van der Waals surface area contributed by atoms with Gasteiger partial charge in [-0.3, -0.25) is 9.59 Å². The zero-order chi connectivity index (χ0) is 42.9. The molecule has 16 heteroatoms. The van der Waals surface area contributed by atoms with Crippen molar-refractivity contribution in [1.29, 1.82) is 0 Å². The number of carbonyl (C=O) groups excluding carboxylic acids is 1. The van der Waals surface area contributed by atoms with Gasteiger partial charge in [0.05, 0.1) is 11.5 Å². The molecule has 0 bridgehead atoms. The minimum atomic E-state index is -2.05. The fourth-order valence-electron chi connectivity index (χ4n) is 13.4. The summed E-state index contributed by atoms with van der Waals surface area (Å²) in [7, 11) is 0. The standard InChI is InChI=1S/C42H62O16/c1-37(2)21-8-11-42(7)31(20(43)16-18-19-17-39(4,36(53)54)13-12-38(19,3)14-15-41(18,42)6)40(21,5)10-9-22(37)55-35-30(26(47)25(46)29(57-35)33(51)52)58-34-27(48)23(44)24(45)28(56-34)32(49)50/h16,19,21-31,34-35,44-48H,8-15,17H2,1-7H3,(H,49,50)(H,51,52)(H,53,54)/t19-,21+,22+,23-,24-,25-,26+,27-,28-,29-,30-,31-,34+,35-,38+,39-,40+,41-,42+/m0/s1. The molecule has 6 fully saturated rings. The van der Waals surface area contributed by atoms with Crippen LogP contribution in [0.4, 0.5) is 0 Å². The summed E-state index contributed by atoms with van der Waals surface area (Å²) in [6.07, 6.45) is -12.2. The lowest BCUT2D eigenvalue weighted by molar-refractivity contribution is -0.371. The smallest absolute Gasteiger partial charge is 0.335 e. The molecule has 0 aromatic rings. The van der Waals surface area contributed by atoms with Crippen LogP contribution in [-0.2, 0) is 38.1 Å². The number of hydrogen-bond acceptors (Lipinski definition) is 13. The Balaban J connectivity index is 1.17. The summed E-state index contributed by atoms with van der Waals surface area (Å²) in [6, 6.07) is 0. The normalized spacial score (nSPS) is 52.6. The second kappa shape index (κ2) is 14.3. The monoisotopic (exact) mass is 822 g/mol. The highest BCUT2D eigenvalue weighted by Crippen LogP contribution is 2.75. The summed E-state index contributed by atoms with van der Waals surface area (Å²) in [5.74, 6) is -4.47. The molecule has 2 aliphatic heterocycles. The number of aliphatic hydroxyl groups excluding tert-OH is 5. The van der Waals surface area contributed by atoms with Gasteiger partial charge in [0.15, 0.2) is 30.6 Å². The van der Waals surface area contributed by atoms with E-state index in [9.17, 15) is 60.0 Å². The molecule has 58 heavy (non-hydrogen) atoms. The van der Waals surface area contributed by atoms with E-state index in [0.717, 1.165) is 37.7 Å². The Morgan fingerprint density at radius 1 is 0.690 bits per heavy atom. The van der Waals surface area contributed by atoms with E-state index in [4.69, 9.17) is 18.9 Å². The maximum Gasteiger partial charge on any atom is 0.335 e. The van der Waals surface area contributed by atoms with Crippen LogP contribution >= 0.6 is 0 Å². The number of hydrogen-bond donors (Lipinski definition) is 8. The highest BCUT2D eigenvalue weighted by molar-refractivity contribution is 5.95. The Hall–Kier alpha value is -2.54. The van der Waals surface area contributed by atoms with Crippen molar-refractivity contribution in [3.05, 3.63) is 11.6 Å². The van der Waals surface area contributed by atoms with Crippen LogP contribution in [0.5, 0.6) is 0 Å². The van der Waals surface area contributed by atoms with E-state index in [1.165, 1.54) is 0 Å². The number of rotatable bonds is 7. The largest absolute Gasteiger partial charge is 0.481 e. The first-order valence-corrected chi connectivity index (χ1v) is 20.7. The molecule has 7 rings (SSSR count). The van der Waals surface area contributed by atoms with Gasteiger partial charge in [-0.1, -0.05) is 47.1 Å². The molecule has 7 aliphatic rings. The Bertz CT molecular complexity index is 1730. The van der Waals surface area contributed by atoms with Crippen LogP contribution in [0.3, 0.4) is 0 Å². The van der Waals surface area contributed by atoms with E-state index >= 15 is 0 Å². The van der Waals surface area contributed by atoms with Crippen LogP contribution in [0.1, 0.15) is 106 Å². The molecule has 16 nitrogen and oxygen atoms in total. The lowest BCUT2D eigenvalue weighted by Gasteiger charge is -2.70. The van der Waals surface area contributed by atoms with Gasteiger partial charge in [0.2, 0.25) is 0 Å². The molecular weight excluding hydrogens is 760 g/mol. The van der Waals surface area contributed by atoms with Gasteiger partial charge in [0.1, 0.15) is 36.6 Å². The molecule has 5 aliphatic carbocycles. The summed E-state index contributed by atoms with van der Waals surface area (Å²) in [5, 5.41) is 83.0. The van der Waals surface area contributed by atoms with Gasteiger partial charge in [-0.05, 0) is 110 Å². The summed E-state index contributed by atoms with van der Waals surface area (Å²) < 4.78 is 23.4. The zero-order valence-electron chi connectivity index (χ0n) is 34.4. The lowest BCUT2D eigenvalue weighted by atomic mass is 9.33. The molecule has 0 radical (unpaired) electrons. The average Bonchev–Trinajstić information content (AvgIpc) is 3.13. The summed E-state index contributed by atoms with van der Waals surface area (Å²) >= 11 is 0. The third-order valence-electron chi connectivity index (χ3n) is 17.2. The molecule has 0 aromatic carbocycles. The summed E-state index contributed by atoms with van der Waals surface area (Å²) in [4.78, 5) is 51.3. The van der Waals surface area contributed by atoms with Crippen molar-refractivity contribution in [2.24, 2.45) is 50.2 Å². The third-order valence-corrected chi connectivity index (χ3v) is 17.2. The van der Waals surface area contributed by atoms with Crippen LogP contribution in [0.15, 0.2) is 11.6 Å². The van der Waals surface area contributed by atoms with Crippen LogP contribution in [0.25, 0.3) is 0 Å². The predicted octanol–water partition coefficient (Wildman–Crippen LogP) is 2.25. The molecule has 8 N–H and O–H groups in total. The van der Waals surface area contributed by atoms with E-state index < -0.39 is 107 Å². The van der Waals surface area contributed by atoms with Gasteiger partial charge in [0.25, 0.3) is 0 Å². The maximum absolute atomic E-state index is 14.8. The van der Waals surface area contributed by atoms with Crippen molar-refractivity contribution in [1.82, 2.24) is 0 Å². The van der Waals surface area contributed by atoms with Crippen LogP contribution in [-0.4, -0.2) is 132 Å². The molecule has 0 unspecified atom stereocenters. The minimum absolute atomic E-state index is 0.0217. The van der Waals surface area contributed by atoms with Crippen LogP contribution in [0.2, 0.25) is 0 Å². The van der Waals surface area contributed by atoms with Crippen LogP contribution < -0.4 is 0 Å². The number of carbonyl (C=O) groups is 4. The number of fused-ring (bicyclic) bond motifs is 7. The molecular formula is C42H62O16. The fraction of sp³-hybridized carbons (Fsp3) is 0.857. The van der Waals surface area contributed by atoms with Crippen molar-refractivity contribution in [3.8, 4) is 0 Å². The summed E-state index contributed by atoms with van der Waals surface area (Å²) in [5.41, 5.74) is -1.81. The summed E-state index contributed by atoms with van der Waals surface area (Å²) in [6.45, 7) is 14.8. The number of carboxylic acids is 3. The lowest BCUT2D eigenvalue weighted by Crippen LogP contribution is -2.68. The minimum Gasteiger partial charge on any atom is -0.481 e. The van der Waals surface area contributed by atoms with Gasteiger partial charge in [-0.15, -0.1) is 0 Å². The average molecular weight is 823 g/mol. The van der Waals surface area contributed by atoms with E-state index in [2.05, 4.69) is 27.7 Å². The number of ketones is 1. The number of aliphatic hydroxyl groups is 5. The van der Waals surface area contributed by atoms with Crippen molar-refractivity contribution in [2.45, 2.75) is 174 Å². The van der Waals surface area contributed by atoms with Gasteiger partial charge in [-0.25, -0.2) is 9.59 Å². The van der Waals surface area contributed by atoms with Crippen molar-refractivity contribution < 1.29 is 79.0 Å². The van der Waals surface area contributed by atoms with Gasteiger partial charge in [0, 0.05) is 5.92 Å². The molecule has 2 heterocycles. The molecule has 0 spiro atoms. The van der Waals surface area contributed by atoms with Crippen molar-refractivity contribution in [2.75, 3.05) is 0 Å². The Morgan fingerprint density at radius 3 is 1.88 bits per heavy atom. The molecule has 0 aromatic heterocycles. The van der Waals surface area contributed by atoms with Crippen molar-refractivity contribution in [3.63, 3.8) is 0 Å². The molecule has 0 amide bonds. The van der Waals surface area contributed by atoms with E-state index in [-0.39, 0.29) is 34.4 Å². The number of aliphatic carboxylic acids is 3. The third kappa shape index (κ3) is 6.25. The Labute approximate surface area is 337 Å². The number of ether oxygens (including phenoxy) is 4. The van der Waals surface area contributed by atoms with Crippen molar-refractivity contribution >= 4 is 23.7 Å². The van der Waals surface area contributed by atoms with E-state index in [1.54, 1.807) is 0 Å². The molecule has 19 atom stereocenters. The number of allylic oxidation sites excluding steroid dienone is 2. The second-order valence-corrected chi connectivity index (χ2v) is 20.6. The highest BCUT2D eigenvalue weighted by Gasteiger charge is 2.71. The predicted molar refractivity (Wildman–Crippen MR) is 199 cm³/mol. The first-order chi connectivity index (χ1) is 26.8. The van der Waals surface area contributed by atoms with Gasteiger partial charge in [-0.2, -0.15) is 0 Å². The zero-order valence-corrected chi connectivity index (χ0v) is 34.4. The number of carboxylic acid groups (broad SMARTS) is 3. The SMILES string of the molecule is CC1(C)[C@H]2CC[C@]3(C)[C@@H](C(=O)C=C4[C@@H]5C[C@@](C)(C(=O)O)CC[C@]5(C)CC[C@@]43C)[C@]2(C)CC[C@H]1O[C@H]1O[C@H](C(=O)O)[C@@H](O)[C@@H](O)[C@@H]1O[C@H]1O[C@H](C(=O)O)[C@@H](O)[C@H](O)[C@@H]1O. The maximum atomic E-state index is 14.8. The molecule has 326 valence electrons. The van der Waals surface area contributed by atoms with Gasteiger partial charge >= 0.3 is 17.9 Å². The molecule has 4 saturated carbocycles. The molecule has 2 saturated heterocycles. The highest BCUT2D eigenvalue weighted by atomic mass is 16.8. The second-order valence-electron chi connectivity index (χ2n) is 20.6. The van der Waals surface area contributed by atoms with E-state index in [0.29, 0.717) is 25.7 Å². The van der Waals surface area contributed by atoms with Gasteiger partial charge < -0.3 is 59.8 Å². The van der Waals surface area contributed by atoms with Crippen LogP contribution in [0, 0.1) is 50.2 Å². The quantitative estimate of drug-likeness (QED) is 0.171. The first-order valence-electron chi connectivity index (χ1n) is 20.7. The Morgan fingerprint density at radius 2 is 1.28 bits per heavy atom. The fourth-order valence-corrected chi connectivity index (χ4v) is 13.4. The topological polar surface area (TPSA) is 267 Å².